The molecule has 0 radical (unpaired) electrons. The van der Waals surface area contributed by atoms with Crippen molar-refractivity contribution in [2.45, 2.75) is 30.9 Å². The van der Waals surface area contributed by atoms with Crippen molar-refractivity contribution in [2.75, 3.05) is 5.32 Å². The minimum absolute atomic E-state index is 0.0530. The van der Waals surface area contributed by atoms with Crippen LogP contribution in [0.25, 0.3) is 0 Å². The van der Waals surface area contributed by atoms with Crippen LogP contribution < -0.4 is 5.32 Å². The predicted molar refractivity (Wildman–Crippen MR) is 111 cm³/mol. The summed E-state index contributed by atoms with van der Waals surface area (Å²) in [6, 6.07) is 5.07. The number of aliphatic hydroxyl groups is 3. The zero-order valence-corrected chi connectivity index (χ0v) is 18.2. The summed E-state index contributed by atoms with van der Waals surface area (Å²) in [4.78, 5) is 19.7. The van der Waals surface area contributed by atoms with Gasteiger partial charge in [0.05, 0.1) is 0 Å². The molecule has 0 saturated carbocycles. The van der Waals surface area contributed by atoms with Gasteiger partial charge in [0, 0.05) is 22.7 Å². The Labute approximate surface area is 194 Å². The number of alkyl halides is 3. The van der Waals surface area contributed by atoms with Crippen LogP contribution in [0, 0.1) is 0 Å². The number of aromatic nitrogens is 2. The van der Waals surface area contributed by atoms with Crippen LogP contribution >= 0.6 is 23.2 Å². The van der Waals surface area contributed by atoms with Crippen LogP contribution in [0.15, 0.2) is 47.2 Å². The minimum atomic E-state index is -5.10. The summed E-state index contributed by atoms with van der Waals surface area (Å²) in [5.74, 6) is -2.37. The molecule has 3 rings (SSSR count). The number of pyridine rings is 1. The molecule has 0 saturated heterocycles. The maximum atomic E-state index is 14.0. The standard InChI is InChI=1S/C20H16Cl2F3N3O5/c1-9(19(32,20(23,24)25)11-4-5-26-15(22)7-11)12-3-2-10(6-13(12)21)16(29)28-18-27-14(8-33-18)17(30)31/h2-9,17,30-32H,1H3,(H,27,28,29)/t9-,19-/m1/s1. The monoisotopic (exact) mass is 505 g/mol. The molecular weight excluding hydrogens is 490 g/mol. The molecule has 2 aromatic heterocycles. The van der Waals surface area contributed by atoms with Crippen LogP contribution in [0.3, 0.4) is 0 Å². The molecule has 4 N–H and O–H groups in total. The van der Waals surface area contributed by atoms with Crippen LogP contribution in [0.2, 0.25) is 10.2 Å². The first-order chi connectivity index (χ1) is 15.3. The van der Waals surface area contributed by atoms with Gasteiger partial charge in [-0.3, -0.25) is 10.1 Å². The largest absolute Gasteiger partial charge is 0.431 e. The van der Waals surface area contributed by atoms with Gasteiger partial charge in [0.2, 0.25) is 0 Å². The van der Waals surface area contributed by atoms with Crippen molar-refractivity contribution in [3.63, 3.8) is 0 Å². The van der Waals surface area contributed by atoms with Gasteiger partial charge < -0.3 is 19.7 Å². The van der Waals surface area contributed by atoms with Crippen molar-refractivity contribution in [3.05, 3.63) is 75.4 Å². The number of halogens is 5. The second-order valence-electron chi connectivity index (χ2n) is 6.99. The predicted octanol–water partition coefficient (Wildman–Crippen LogP) is 4.17. The molecule has 2 atom stereocenters. The van der Waals surface area contributed by atoms with Crippen molar-refractivity contribution in [3.8, 4) is 0 Å². The summed E-state index contributed by atoms with van der Waals surface area (Å²) in [7, 11) is 0. The molecule has 33 heavy (non-hydrogen) atoms. The van der Waals surface area contributed by atoms with E-state index in [-0.39, 0.29) is 33.0 Å². The summed E-state index contributed by atoms with van der Waals surface area (Å²) < 4.78 is 47.0. The van der Waals surface area contributed by atoms with E-state index in [1.807, 2.05) is 0 Å². The van der Waals surface area contributed by atoms with Gasteiger partial charge in [-0.1, -0.05) is 36.2 Å². The summed E-state index contributed by atoms with van der Waals surface area (Å²) in [6.45, 7) is 1.14. The van der Waals surface area contributed by atoms with Gasteiger partial charge in [-0.15, -0.1) is 0 Å². The van der Waals surface area contributed by atoms with E-state index in [0.717, 1.165) is 37.6 Å². The van der Waals surface area contributed by atoms with E-state index in [1.165, 1.54) is 12.1 Å². The number of nitrogens with zero attached hydrogens (tertiary/aromatic N) is 2. The first-order valence-electron chi connectivity index (χ1n) is 9.18. The molecular formula is C20H16Cl2F3N3O5. The fourth-order valence-corrected chi connectivity index (χ4v) is 3.69. The number of oxazole rings is 1. The molecule has 1 aromatic carbocycles. The highest BCUT2D eigenvalue weighted by Gasteiger charge is 2.59. The van der Waals surface area contributed by atoms with E-state index in [4.69, 9.17) is 37.8 Å². The third-order valence-corrected chi connectivity index (χ3v) is 5.50. The first-order valence-corrected chi connectivity index (χ1v) is 9.93. The summed E-state index contributed by atoms with van der Waals surface area (Å²) >= 11 is 11.9. The number of benzene rings is 1. The number of hydrogen-bond acceptors (Lipinski definition) is 7. The molecule has 13 heteroatoms. The molecule has 0 aliphatic carbocycles. The maximum Gasteiger partial charge on any atom is 0.422 e. The van der Waals surface area contributed by atoms with Crippen molar-refractivity contribution in [1.29, 1.82) is 0 Å². The third kappa shape index (κ3) is 4.97. The Morgan fingerprint density at radius 1 is 1.18 bits per heavy atom. The van der Waals surface area contributed by atoms with Gasteiger partial charge in [0.25, 0.3) is 5.91 Å². The highest BCUT2D eigenvalue weighted by molar-refractivity contribution is 6.32. The van der Waals surface area contributed by atoms with Crippen LogP contribution in [0.1, 0.15) is 46.3 Å². The van der Waals surface area contributed by atoms with Crippen LogP contribution in [-0.4, -0.2) is 37.4 Å². The second-order valence-corrected chi connectivity index (χ2v) is 7.79. The number of carbonyl (C=O) groups excluding carboxylic acids is 1. The second kappa shape index (κ2) is 9.27. The third-order valence-electron chi connectivity index (χ3n) is 4.96. The van der Waals surface area contributed by atoms with E-state index in [2.05, 4.69) is 15.3 Å². The quantitative estimate of drug-likeness (QED) is 0.292. The molecule has 2 heterocycles. The molecule has 0 aliphatic rings. The summed E-state index contributed by atoms with van der Waals surface area (Å²) in [5, 5.41) is 30.6. The van der Waals surface area contributed by atoms with Gasteiger partial charge in [-0.05, 0) is 35.4 Å². The van der Waals surface area contributed by atoms with Crippen molar-refractivity contribution >= 4 is 35.1 Å². The Hall–Kier alpha value is -2.70. The highest BCUT2D eigenvalue weighted by Crippen LogP contribution is 2.50. The number of rotatable bonds is 6. The number of aliphatic hydroxyl groups excluding tert-OH is 1. The zero-order valence-electron chi connectivity index (χ0n) is 16.6. The Kier molecular flexibility index (Phi) is 7.01. The van der Waals surface area contributed by atoms with Crippen LogP contribution in [-0.2, 0) is 5.60 Å². The molecule has 176 valence electrons. The normalized spacial score (nSPS) is 14.7. The Balaban J connectivity index is 1.92. The average molecular weight is 506 g/mol. The Bertz CT molecular complexity index is 1170. The number of nitrogens with one attached hydrogen (secondary N) is 1. The molecule has 0 spiro atoms. The molecule has 8 nitrogen and oxygen atoms in total. The van der Waals surface area contributed by atoms with Gasteiger partial charge in [-0.25, -0.2) is 4.98 Å². The van der Waals surface area contributed by atoms with Crippen LogP contribution in [0.5, 0.6) is 0 Å². The SMILES string of the molecule is C[C@H](c1ccc(C(=O)Nc2nc(C(O)O)co2)cc1Cl)[C@@](O)(c1ccnc(Cl)c1)C(F)(F)F. The Morgan fingerprint density at radius 2 is 1.88 bits per heavy atom. The number of hydrogen-bond donors (Lipinski definition) is 4. The number of anilines is 1. The van der Waals surface area contributed by atoms with Crippen molar-refractivity contribution in [1.82, 2.24) is 9.97 Å². The van der Waals surface area contributed by atoms with E-state index < -0.39 is 35.5 Å². The van der Waals surface area contributed by atoms with E-state index >= 15 is 0 Å². The van der Waals surface area contributed by atoms with Crippen molar-refractivity contribution < 1.29 is 37.7 Å². The van der Waals surface area contributed by atoms with Gasteiger partial charge in [-0.2, -0.15) is 18.2 Å². The molecule has 3 aromatic rings. The van der Waals surface area contributed by atoms with E-state index in [9.17, 15) is 23.1 Å². The fourth-order valence-electron chi connectivity index (χ4n) is 3.17. The topological polar surface area (TPSA) is 129 Å². The lowest BCUT2D eigenvalue weighted by molar-refractivity contribution is -0.274. The molecule has 0 bridgehead atoms. The first kappa shape index (κ1) is 24.9. The lowest BCUT2D eigenvalue weighted by atomic mass is 9.78. The summed E-state index contributed by atoms with van der Waals surface area (Å²) in [6.07, 6.45) is -5.05. The fraction of sp³-hybridized carbons (Fsp3) is 0.250. The molecule has 0 unspecified atom stereocenters. The van der Waals surface area contributed by atoms with Gasteiger partial charge in [0.15, 0.2) is 11.9 Å². The number of amides is 1. The lowest BCUT2D eigenvalue weighted by Crippen LogP contribution is -2.46. The Morgan fingerprint density at radius 3 is 2.42 bits per heavy atom. The molecule has 0 fully saturated rings. The molecule has 0 aliphatic heterocycles. The molecule has 1 amide bonds. The van der Waals surface area contributed by atoms with E-state index in [1.54, 1.807) is 0 Å². The van der Waals surface area contributed by atoms with Crippen LogP contribution in [0.4, 0.5) is 19.2 Å². The minimum Gasteiger partial charge on any atom is -0.431 e. The smallest absolute Gasteiger partial charge is 0.422 e. The van der Waals surface area contributed by atoms with Gasteiger partial charge in [0.1, 0.15) is 17.1 Å². The lowest BCUT2D eigenvalue weighted by Gasteiger charge is -2.37. The highest BCUT2D eigenvalue weighted by atomic mass is 35.5. The van der Waals surface area contributed by atoms with Gasteiger partial charge >= 0.3 is 12.2 Å². The summed E-state index contributed by atoms with van der Waals surface area (Å²) in [5.41, 5.74) is -4.25. The van der Waals surface area contributed by atoms with Crippen molar-refractivity contribution in [2.24, 2.45) is 0 Å². The zero-order chi connectivity index (χ0) is 24.6. The van der Waals surface area contributed by atoms with E-state index in [0.29, 0.717) is 0 Å². The number of carbonyl (C=O) groups is 1. The average Bonchev–Trinajstić information content (AvgIpc) is 3.20. The maximum absolute atomic E-state index is 14.0.